The van der Waals surface area contributed by atoms with Crippen molar-refractivity contribution in [3.8, 4) is 11.1 Å². The van der Waals surface area contributed by atoms with Gasteiger partial charge in [-0.05, 0) is 66.3 Å². The number of aromatic nitrogens is 2. The van der Waals surface area contributed by atoms with E-state index < -0.39 is 0 Å². The molecular weight excluding hydrogens is 350 g/mol. The van der Waals surface area contributed by atoms with Crippen molar-refractivity contribution in [2.45, 2.75) is 25.5 Å². The predicted octanol–water partition coefficient (Wildman–Crippen LogP) is 4.07. The highest BCUT2D eigenvalue weighted by atomic mass is 16.6. The van der Waals surface area contributed by atoms with Crippen molar-refractivity contribution in [1.29, 1.82) is 0 Å². The Morgan fingerprint density at radius 1 is 1.04 bits per heavy atom. The molecule has 3 saturated heterocycles. The summed E-state index contributed by atoms with van der Waals surface area (Å²) in [4.78, 5) is 22.8. The summed E-state index contributed by atoms with van der Waals surface area (Å²) in [5.74, 6) is 1.86. The smallest absolute Gasteiger partial charge is 0.341 e. The van der Waals surface area contributed by atoms with Gasteiger partial charge in [0.25, 0.3) is 0 Å². The lowest BCUT2D eigenvalue weighted by Crippen LogP contribution is -2.60. The van der Waals surface area contributed by atoms with Gasteiger partial charge in [-0.3, -0.25) is 9.88 Å². The van der Waals surface area contributed by atoms with Gasteiger partial charge in [-0.15, -0.1) is 0 Å². The minimum Gasteiger partial charge on any atom is -0.442 e. The third kappa shape index (κ3) is 2.65. The highest BCUT2D eigenvalue weighted by Gasteiger charge is 2.48. The molecule has 3 aromatic rings. The molecule has 2 aromatic heterocycles. The number of carbonyl (C=O) groups is 1. The summed E-state index contributed by atoms with van der Waals surface area (Å²) in [7, 11) is 0. The second kappa shape index (κ2) is 6.17. The second-order valence-electron chi connectivity index (χ2n) is 8.69. The lowest BCUT2D eigenvalue weighted by Gasteiger charge is -2.55. The van der Waals surface area contributed by atoms with Gasteiger partial charge in [0.2, 0.25) is 0 Å². The van der Waals surface area contributed by atoms with E-state index >= 15 is 0 Å². The largest absolute Gasteiger partial charge is 0.442 e. The van der Waals surface area contributed by atoms with Crippen LogP contribution < -0.4 is 0 Å². The number of aromatic amines is 1. The van der Waals surface area contributed by atoms with Crippen molar-refractivity contribution in [1.82, 2.24) is 14.9 Å². The quantitative estimate of drug-likeness (QED) is 0.703. The lowest BCUT2D eigenvalue weighted by molar-refractivity contribution is -0.159. The molecule has 0 radical (unpaired) electrons. The van der Waals surface area contributed by atoms with Gasteiger partial charge in [0, 0.05) is 48.7 Å². The normalized spacial score (nSPS) is 30.6. The first kappa shape index (κ1) is 16.3. The zero-order valence-electron chi connectivity index (χ0n) is 15.7. The first-order chi connectivity index (χ1) is 13.7. The molecule has 1 aliphatic carbocycles. The number of nitrogens with one attached hydrogen (secondary N) is 1. The Morgan fingerprint density at radius 2 is 1.89 bits per heavy atom. The van der Waals surface area contributed by atoms with Gasteiger partial charge in [-0.1, -0.05) is 6.07 Å². The number of rotatable bonds is 3. The third-order valence-electron chi connectivity index (χ3n) is 6.78. The molecule has 0 spiro atoms. The topological polar surface area (TPSA) is 58.2 Å². The Labute approximate surface area is 163 Å². The SMILES string of the molecule is O=C(OC1C2CC3CC(C2)CN1C3)c1cncc(-c2ccc3[nH]ccc3c2)c1. The molecule has 7 rings (SSSR count). The predicted molar refractivity (Wildman–Crippen MR) is 107 cm³/mol. The number of H-pyrrole nitrogens is 1. The Balaban J connectivity index is 1.25. The highest BCUT2D eigenvalue weighted by molar-refractivity contribution is 5.91. The third-order valence-corrected chi connectivity index (χ3v) is 6.78. The lowest BCUT2D eigenvalue weighted by atomic mass is 9.67. The molecule has 3 aliphatic heterocycles. The molecule has 3 unspecified atom stereocenters. The summed E-state index contributed by atoms with van der Waals surface area (Å²) in [6.07, 6.45) is 9.08. The number of benzene rings is 1. The van der Waals surface area contributed by atoms with Crippen molar-refractivity contribution >= 4 is 16.9 Å². The van der Waals surface area contributed by atoms with Gasteiger partial charge in [0.1, 0.15) is 0 Å². The fourth-order valence-electron chi connectivity index (χ4n) is 5.68. The number of pyridine rings is 1. The molecule has 5 heterocycles. The summed E-state index contributed by atoms with van der Waals surface area (Å²) in [5.41, 5.74) is 3.61. The maximum absolute atomic E-state index is 12.9. The van der Waals surface area contributed by atoms with Crippen LogP contribution in [0.25, 0.3) is 22.0 Å². The zero-order valence-corrected chi connectivity index (χ0v) is 15.7. The highest BCUT2D eigenvalue weighted by Crippen LogP contribution is 2.46. The van der Waals surface area contributed by atoms with E-state index in [1.807, 2.05) is 18.3 Å². The van der Waals surface area contributed by atoms with Crippen LogP contribution in [-0.4, -0.2) is 40.2 Å². The van der Waals surface area contributed by atoms with Crippen molar-refractivity contribution in [3.63, 3.8) is 0 Å². The van der Waals surface area contributed by atoms with Crippen LogP contribution in [0.4, 0.5) is 0 Å². The second-order valence-corrected chi connectivity index (χ2v) is 8.69. The summed E-state index contributed by atoms with van der Waals surface area (Å²) in [6, 6.07) is 10.2. The van der Waals surface area contributed by atoms with E-state index in [0.717, 1.165) is 47.0 Å². The van der Waals surface area contributed by atoms with Gasteiger partial charge >= 0.3 is 5.97 Å². The summed E-state index contributed by atoms with van der Waals surface area (Å²) >= 11 is 0. The molecule has 28 heavy (non-hydrogen) atoms. The van der Waals surface area contributed by atoms with E-state index in [1.54, 1.807) is 12.4 Å². The van der Waals surface area contributed by atoms with Gasteiger partial charge in [-0.25, -0.2) is 4.79 Å². The van der Waals surface area contributed by atoms with E-state index in [1.165, 1.54) is 19.3 Å². The van der Waals surface area contributed by atoms with E-state index in [9.17, 15) is 4.79 Å². The van der Waals surface area contributed by atoms with E-state index in [0.29, 0.717) is 11.5 Å². The van der Waals surface area contributed by atoms with Crippen LogP contribution in [-0.2, 0) is 4.74 Å². The average Bonchev–Trinajstić information content (AvgIpc) is 3.18. The number of ether oxygens (including phenoxy) is 1. The van der Waals surface area contributed by atoms with Crippen LogP contribution in [0.15, 0.2) is 48.9 Å². The molecule has 1 aromatic carbocycles. The first-order valence-corrected chi connectivity index (χ1v) is 10.2. The number of piperidine rings is 3. The number of carbonyl (C=O) groups excluding carboxylic acids is 1. The van der Waals surface area contributed by atoms with Crippen LogP contribution in [0.1, 0.15) is 29.6 Å². The maximum atomic E-state index is 12.9. The molecule has 5 heteroatoms. The minimum absolute atomic E-state index is 0.0554. The molecule has 142 valence electrons. The van der Waals surface area contributed by atoms with Gasteiger partial charge in [-0.2, -0.15) is 0 Å². The molecule has 5 nitrogen and oxygen atoms in total. The van der Waals surface area contributed by atoms with Crippen LogP contribution >= 0.6 is 0 Å². The standard InChI is InChI=1S/C23H23N3O2/c27-23(28-22-18-6-14-5-15(7-18)13-26(22)12-14)20-9-19(10-24-11-20)16-1-2-21-17(8-16)3-4-25-21/h1-4,8-11,14-15,18,22,25H,5-7,12-13H2. The molecule has 3 atom stereocenters. The van der Waals surface area contributed by atoms with Crippen molar-refractivity contribution in [2.24, 2.45) is 17.8 Å². The van der Waals surface area contributed by atoms with Gasteiger partial charge < -0.3 is 9.72 Å². The Morgan fingerprint density at radius 3 is 2.71 bits per heavy atom. The molecule has 1 N–H and O–H groups in total. The zero-order chi connectivity index (χ0) is 18.7. The van der Waals surface area contributed by atoms with Crippen LogP contribution in [0.3, 0.4) is 0 Å². The number of nitrogens with zero attached hydrogens (tertiary/aromatic N) is 2. The number of fused-ring (bicyclic) bond motifs is 1. The van der Waals surface area contributed by atoms with Crippen molar-refractivity contribution < 1.29 is 9.53 Å². The van der Waals surface area contributed by atoms with E-state index in [2.05, 4.69) is 33.1 Å². The molecule has 4 aliphatic rings. The average molecular weight is 373 g/mol. The fourth-order valence-corrected chi connectivity index (χ4v) is 5.68. The summed E-state index contributed by atoms with van der Waals surface area (Å²) < 4.78 is 6.00. The van der Waals surface area contributed by atoms with E-state index in [4.69, 9.17) is 4.74 Å². The van der Waals surface area contributed by atoms with Crippen molar-refractivity contribution in [3.05, 3.63) is 54.5 Å². The number of hydrogen-bond donors (Lipinski definition) is 1. The van der Waals surface area contributed by atoms with Crippen molar-refractivity contribution in [2.75, 3.05) is 13.1 Å². The molecule has 4 fully saturated rings. The van der Waals surface area contributed by atoms with Gasteiger partial charge in [0.05, 0.1) is 5.56 Å². The molecular formula is C23H23N3O2. The fraction of sp³-hybridized carbons (Fsp3) is 0.391. The minimum atomic E-state index is -0.255. The van der Waals surface area contributed by atoms with E-state index in [-0.39, 0.29) is 12.2 Å². The molecule has 4 bridgehead atoms. The Bertz CT molecular complexity index is 1030. The number of esters is 1. The molecule has 0 amide bonds. The van der Waals surface area contributed by atoms with Gasteiger partial charge in [0.15, 0.2) is 6.23 Å². The van der Waals surface area contributed by atoms with Crippen LogP contribution in [0.5, 0.6) is 0 Å². The van der Waals surface area contributed by atoms with Crippen LogP contribution in [0.2, 0.25) is 0 Å². The Hall–Kier alpha value is -2.66. The summed E-state index contributed by atoms with van der Waals surface area (Å²) in [5, 5.41) is 1.15. The van der Waals surface area contributed by atoms with Crippen LogP contribution in [0, 0.1) is 17.8 Å². The molecule has 1 saturated carbocycles. The first-order valence-electron chi connectivity index (χ1n) is 10.2. The summed E-state index contributed by atoms with van der Waals surface area (Å²) in [6.45, 7) is 2.17. The maximum Gasteiger partial charge on any atom is 0.341 e. The Kier molecular flexibility index (Phi) is 3.60. The monoisotopic (exact) mass is 373 g/mol. The number of hydrogen-bond acceptors (Lipinski definition) is 4.